The number of phenolic OH excluding ortho intramolecular Hbond substituents is 2. The first kappa shape index (κ1) is 33.8. The second kappa shape index (κ2) is 14.1. The molecule has 0 bridgehead atoms. The zero-order valence-corrected chi connectivity index (χ0v) is 28.0. The van der Waals surface area contributed by atoms with Crippen LogP contribution in [-0.2, 0) is 19.4 Å². The van der Waals surface area contributed by atoms with Crippen LogP contribution in [0.1, 0.15) is 75.3 Å². The normalized spacial score (nSPS) is 22.0. The van der Waals surface area contributed by atoms with Crippen molar-refractivity contribution >= 4 is 24.1 Å². The fourth-order valence-electron chi connectivity index (χ4n) is 6.78. The van der Waals surface area contributed by atoms with Crippen molar-refractivity contribution in [1.82, 2.24) is 0 Å². The molecule has 0 saturated heterocycles. The van der Waals surface area contributed by atoms with Crippen molar-refractivity contribution in [1.29, 1.82) is 0 Å². The summed E-state index contributed by atoms with van der Waals surface area (Å²) < 4.78 is 12.7. The SMILES string of the molecule is CC(C)=CCc1c(O)cc(/C=C/c2cc(O)c3c(c2)C[C@@H]2C(C)(C)[C@H](O)CC[C@@]2(C)O3)cc1OCC(C=NCc1ccccc1)=NN. The van der Waals surface area contributed by atoms with Crippen LogP contribution in [0.25, 0.3) is 12.2 Å². The molecule has 248 valence electrons. The van der Waals surface area contributed by atoms with Gasteiger partial charge in [-0.3, -0.25) is 4.99 Å². The minimum Gasteiger partial charge on any atom is -0.507 e. The van der Waals surface area contributed by atoms with Gasteiger partial charge in [-0.05, 0) is 98.4 Å². The topological polar surface area (TPSA) is 130 Å². The van der Waals surface area contributed by atoms with Gasteiger partial charge in [0, 0.05) is 17.7 Å². The Bertz CT molecular complexity index is 1710. The van der Waals surface area contributed by atoms with Crippen LogP contribution in [-0.4, -0.2) is 45.6 Å². The lowest BCUT2D eigenvalue weighted by Crippen LogP contribution is -2.58. The lowest BCUT2D eigenvalue weighted by Gasteiger charge is -2.55. The van der Waals surface area contributed by atoms with E-state index in [4.69, 9.17) is 15.3 Å². The summed E-state index contributed by atoms with van der Waals surface area (Å²) in [5, 5.41) is 36.7. The number of ether oxygens (including phenoxy) is 2. The first-order valence-electron chi connectivity index (χ1n) is 16.2. The molecule has 0 aromatic heterocycles. The van der Waals surface area contributed by atoms with Gasteiger partial charge < -0.3 is 30.6 Å². The molecule has 0 radical (unpaired) electrons. The monoisotopic (exact) mass is 637 g/mol. The number of phenols is 2. The first-order chi connectivity index (χ1) is 22.4. The van der Waals surface area contributed by atoms with E-state index in [0.29, 0.717) is 48.6 Å². The molecule has 1 saturated carbocycles. The summed E-state index contributed by atoms with van der Waals surface area (Å²) in [6.07, 6.45) is 9.61. The van der Waals surface area contributed by atoms with Crippen molar-refractivity contribution in [2.24, 2.45) is 27.3 Å². The van der Waals surface area contributed by atoms with Crippen molar-refractivity contribution in [3.8, 4) is 23.0 Å². The van der Waals surface area contributed by atoms with Crippen LogP contribution in [0.15, 0.2) is 76.3 Å². The highest BCUT2D eigenvalue weighted by Crippen LogP contribution is 2.54. The molecule has 47 heavy (non-hydrogen) atoms. The molecule has 3 aromatic rings. The second-order valence-corrected chi connectivity index (χ2v) is 13.8. The van der Waals surface area contributed by atoms with Gasteiger partial charge in [-0.2, -0.15) is 5.10 Å². The molecular weight excluding hydrogens is 590 g/mol. The Labute approximate surface area is 278 Å². The number of nitrogens with two attached hydrogens (primary N) is 1. The van der Waals surface area contributed by atoms with Crippen LogP contribution in [0.3, 0.4) is 0 Å². The molecule has 3 atom stereocenters. The van der Waals surface area contributed by atoms with Crippen molar-refractivity contribution in [2.45, 2.75) is 78.6 Å². The lowest BCUT2D eigenvalue weighted by atomic mass is 9.57. The van der Waals surface area contributed by atoms with Crippen molar-refractivity contribution in [3.63, 3.8) is 0 Å². The summed E-state index contributed by atoms with van der Waals surface area (Å²) in [7, 11) is 0. The van der Waals surface area contributed by atoms with E-state index in [1.807, 2.05) is 74.5 Å². The van der Waals surface area contributed by atoms with Crippen LogP contribution in [0.2, 0.25) is 0 Å². The molecule has 8 nitrogen and oxygen atoms in total. The number of rotatable bonds is 10. The lowest BCUT2D eigenvalue weighted by molar-refractivity contribution is -0.138. The third kappa shape index (κ3) is 7.71. The zero-order valence-electron chi connectivity index (χ0n) is 28.0. The average molecular weight is 638 g/mol. The molecule has 1 aliphatic heterocycles. The van der Waals surface area contributed by atoms with Crippen LogP contribution in [0.5, 0.6) is 23.0 Å². The minimum absolute atomic E-state index is 0.0764. The highest BCUT2D eigenvalue weighted by molar-refractivity contribution is 6.31. The van der Waals surface area contributed by atoms with E-state index in [1.165, 1.54) is 0 Å². The predicted molar refractivity (Wildman–Crippen MR) is 189 cm³/mol. The number of hydrazone groups is 1. The summed E-state index contributed by atoms with van der Waals surface area (Å²) in [6, 6.07) is 17.2. The van der Waals surface area contributed by atoms with Gasteiger partial charge in [-0.25, -0.2) is 0 Å². The minimum atomic E-state index is -0.450. The molecule has 3 aromatic carbocycles. The predicted octanol–water partition coefficient (Wildman–Crippen LogP) is 7.23. The number of benzene rings is 3. The maximum atomic E-state index is 11.1. The number of aromatic hydroxyl groups is 2. The first-order valence-corrected chi connectivity index (χ1v) is 16.2. The molecule has 0 spiro atoms. The third-order valence-electron chi connectivity index (χ3n) is 9.62. The number of allylic oxidation sites excluding steroid dienone is 2. The Hall–Kier alpha value is -4.56. The summed E-state index contributed by atoms with van der Waals surface area (Å²) in [4.78, 5) is 4.45. The van der Waals surface area contributed by atoms with E-state index >= 15 is 0 Å². The molecule has 5 rings (SSSR count). The van der Waals surface area contributed by atoms with Gasteiger partial charge in [0.2, 0.25) is 0 Å². The average Bonchev–Trinajstić information content (AvgIpc) is 3.03. The summed E-state index contributed by atoms with van der Waals surface area (Å²) in [6.45, 7) is 10.9. The standard InChI is InChI=1S/C39H47N3O5/c1-25(2)11-14-31-32(43)18-28(20-34(31)46-24-30(42-40)23-41-22-26-9-7-6-8-10-26)13-12-27-17-29-21-35-38(3,4)36(45)15-16-39(35,5)47-37(29)33(44)19-27/h6-13,17-20,23,35-36,43-45H,14-16,21-22,24,40H2,1-5H3/b13-12+,41-23?,42-30?/t35-,36-,39-/m1/s1. The van der Waals surface area contributed by atoms with E-state index in [0.717, 1.165) is 34.2 Å². The summed E-state index contributed by atoms with van der Waals surface area (Å²) in [5.74, 6) is 7.00. The Morgan fingerprint density at radius 2 is 1.72 bits per heavy atom. The molecule has 0 amide bonds. The van der Waals surface area contributed by atoms with Gasteiger partial charge in [0.05, 0.1) is 12.6 Å². The quantitative estimate of drug-likeness (QED) is 0.0610. The van der Waals surface area contributed by atoms with Gasteiger partial charge in [0.15, 0.2) is 11.5 Å². The van der Waals surface area contributed by atoms with E-state index in [2.05, 4.69) is 30.9 Å². The van der Waals surface area contributed by atoms with Crippen LogP contribution in [0.4, 0.5) is 0 Å². The molecule has 1 fully saturated rings. The van der Waals surface area contributed by atoms with Crippen molar-refractivity contribution in [3.05, 3.63) is 94.1 Å². The number of aliphatic hydroxyl groups excluding tert-OH is 1. The molecule has 1 heterocycles. The number of hydrogen-bond acceptors (Lipinski definition) is 8. The fourth-order valence-corrected chi connectivity index (χ4v) is 6.78. The van der Waals surface area contributed by atoms with Gasteiger partial charge in [0.25, 0.3) is 0 Å². The van der Waals surface area contributed by atoms with E-state index < -0.39 is 11.7 Å². The molecule has 5 N–H and O–H groups in total. The third-order valence-corrected chi connectivity index (χ3v) is 9.62. The highest BCUT2D eigenvalue weighted by atomic mass is 16.5. The Morgan fingerprint density at radius 1 is 1.02 bits per heavy atom. The van der Waals surface area contributed by atoms with Crippen LogP contribution < -0.4 is 15.3 Å². The highest BCUT2D eigenvalue weighted by Gasteiger charge is 2.54. The van der Waals surface area contributed by atoms with Crippen LogP contribution in [0, 0.1) is 11.3 Å². The maximum absolute atomic E-state index is 11.1. The van der Waals surface area contributed by atoms with E-state index in [-0.39, 0.29) is 29.4 Å². The number of aliphatic imine (C=N–C) groups is 1. The zero-order chi connectivity index (χ0) is 33.8. The Morgan fingerprint density at radius 3 is 2.43 bits per heavy atom. The molecule has 1 aliphatic carbocycles. The number of hydrogen-bond donors (Lipinski definition) is 4. The maximum Gasteiger partial charge on any atom is 0.164 e. The van der Waals surface area contributed by atoms with Gasteiger partial charge in [-0.15, -0.1) is 0 Å². The fraction of sp³-hybridized carbons (Fsp3) is 0.385. The molecule has 2 aliphatic rings. The van der Waals surface area contributed by atoms with Gasteiger partial charge >= 0.3 is 0 Å². The van der Waals surface area contributed by atoms with Gasteiger partial charge in [-0.1, -0.05) is 68.0 Å². The molecule has 8 heteroatoms. The molecular formula is C39H47N3O5. The molecule has 0 unspecified atom stereocenters. The number of nitrogens with zero attached hydrogens (tertiary/aromatic N) is 2. The summed E-state index contributed by atoms with van der Waals surface area (Å²) in [5.41, 5.74) is 4.98. The smallest absolute Gasteiger partial charge is 0.164 e. The van der Waals surface area contributed by atoms with Crippen molar-refractivity contribution < 1.29 is 24.8 Å². The van der Waals surface area contributed by atoms with Crippen LogP contribution >= 0.6 is 0 Å². The number of fused-ring (bicyclic) bond motifs is 2. The Balaban J connectivity index is 1.37. The number of aliphatic hydroxyl groups is 1. The van der Waals surface area contributed by atoms with Crippen molar-refractivity contribution in [2.75, 3.05) is 6.61 Å². The second-order valence-electron chi connectivity index (χ2n) is 13.8. The summed E-state index contributed by atoms with van der Waals surface area (Å²) >= 11 is 0. The van der Waals surface area contributed by atoms with E-state index in [1.54, 1.807) is 18.3 Å². The largest absolute Gasteiger partial charge is 0.507 e. The van der Waals surface area contributed by atoms with E-state index in [9.17, 15) is 15.3 Å². The van der Waals surface area contributed by atoms with Gasteiger partial charge in [0.1, 0.15) is 29.4 Å². The Kier molecular flexibility index (Phi) is 10.1.